The monoisotopic (exact) mass is 212 g/mol. The van der Waals surface area contributed by atoms with E-state index in [1.165, 1.54) is 64.6 Å². The predicted octanol–water partition coefficient (Wildman–Crippen LogP) is 2.50. The summed E-state index contributed by atoms with van der Waals surface area (Å²) >= 11 is 0. The molecule has 0 heterocycles. The summed E-state index contributed by atoms with van der Waals surface area (Å²) in [6.07, 6.45) is 10.1. The molecule has 1 rings (SSSR count). The average Bonchev–Trinajstić information content (AvgIpc) is 2.45. The van der Waals surface area contributed by atoms with Crippen molar-refractivity contribution in [2.45, 2.75) is 44.9 Å². The number of rotatable bonds is 6. The number of hydrogen-bond donors (Lipinski definition) is 1. The summed E-state index contributed by atoms with van der Waals surface area (Å²) in [5.74, 6) is 0.965. The van der Waals surface area contributed by atoms with E-state index in [4.69, 9.17) is 0 Å². The Labute approximate surface area is 95.4 Å². The molecular formula is C13H28N2. The highest BCUT2D eigenvalue weighted by molar-refractivity contribution is 4.67. The molecule has 1 saturated carbocycles. The van der Waals surface area contributed by atoms with E-state index in [-0.39, 0.29) is 0 Å². The highest BCUT2D eigenvalue weighted by atomic mass is 15.1. The third-order valence-electron chi connectivity index (χ3n) is 3.37. The van der Waals surface area contributed by atoms with E-state index in [0.29, 0.717) is 0 Å². The molecule has 2 heteroatoms. The van der Waals surface area contributed by atoms with E-state index in [2.05, 4.69) is 24.3 Å². The Hall–Kier alpha value is -0.0800. The number of nitrogens with zero attached hydrogens (tertiary/aromatic N) is 1. The third kappa shape index (κ3) is 6.91. The van der Waals surface area contributed by atoms with Crippen molar-refractivity contribution in [3.63, 3.8) is 0 Å². The van der Waals surface area contributed by atoms with E-state index in [1.54, 1.807) is 0 Å². The van der Waals surface area contributed by atoms with Gasteiger partial charge in [0.15, 0.2) is 0 Å². The van der Waals surface area contributed by atoms with Gasteiger partial charge in [-0.1, -0.05) is 25.7 Å². The largest absolute Gasteiger partial charge is 0.316 e. The maximum absolute atomic E-state index is 3.61. The second kappa shape index (κ2) is 8.12. The molecule has 0 spiro atoms. The fraction of sp³-hybridized carbons (Fsp3) is 1.00. The molecule has 0 aliphatic heterocycles. The summed E-state index contributed by atoms with van der Waals surface area (Å²) in [5.41, 5.74) is 0. The topological polar surface area (TPSA) is 15.3 Å². The van der Waals surface area contributed by atoms with Crippen molar-refractivity contribution in [3.8, 4) is 0 Å². The van der Waals surface area contributed by atoms with Crippen LogP contribution in [0.4, 0.5) is 0 Å². The second-order valence-corrected chi connectivity index (χ2v) is 5.22. The molecule has 0 amide bonds. The summed E-state index contributed by atoms with van der Waals surface area (Å²) in [5, 5.41) is 3.61. The summed E-state index contributed by atoms with van der Waals surface area (Å²) < 4.78 is 0. The van der Waals surface area contributed by atoms with Crippen molar-refractivity contribution >= 4 is 0 Å². The Morgan fingerprint density at radius 2 is 1.73 bits per heavy atom. The minimum absolute atomic E-state index is 0.965. The molecule has 1 fully saturated rings. The lowest BCUT2D eigenvalue weighted by molar-refractivity contribution is 0.379. The van der Waals surface area contributed by atoms with Crippen molar-refractivity contribution < 1.29 is 0 Å². The van der Waals surface area contributed by atoms with Gasteiger partial charge in [-0.05, 0) is 58.9 Å². The van der Waals surface area contributed by atoms with Crippen molar-refractivity contribution in [1.29, 1.82) is 0 Å². The van der Waals surface area contributed by atoms with Crippen LogP contribution in [-0.2, 0) is 0 Å². The molecule has 0 bridgehead atoms. The first-order chi connectivity index (χ1) is 7.29. The van der Waals surface area contributed by atoms with Gasteiger partial charge in [0.1, 0.15) is 0 Å². The van der Waals surface area contributed by atoms with Crippen LogP contribution in [0.3, 0.4) is 0 Å². The highest BCUT2D eigenvalue weighted by Crippen LogP contribution is 2.21. The Morgan fingerprint density at radius 3 is 2.33 bits per heavy atom. The molecule has 2 nitrogen and oxygen atoms in total. The molecule has 1 aliphatic rings. The first-order valence-electron chi connectivity index (χ1n) is 6.64. The van der Waals surface area contributed by atoms with Gasteiger partial charge < -0.3 is 10.2 Å². The zero-order valence-electron chi connectivity index (χ0n) is 10.6. The van der Waals surface area contributed by atoms with Crippen LogP contribution in [0.15, 0.2) is 0 Å². The van der Waals surface area contributed by atoms with Crippen molar-refractivity contribution in [2.75, 3.05) is 33.7 Å². The first-order valence-corrected chi connectivity index (χ1v) is 6.64. The fourth-order valence-corrected chi connectivity index (χ4v) is 2.39. The zero-order chi connectivity index (χ0) is 10.9. The SMILES string of the molecule is CN(C)CCCNCC1CCCCCC1. The smallest absolute Gasteiger partial charge is 0.00127 e. The lowest BCUT2D eigenvalue weighted by atomic mass is 10.0. The molecule has 0 saturated heterocycles. The Bertz CT molecular complexity index is 137. The summed E-state index contributed by atoms with van der Waals surface area (Å²) in [6, 6.07) is 0. The van der Waals surface area contributed by atoms with Gasteiger partial charge in [0.05, 0.1) is 0 Å². The summed E-state index contributed by atoms with van der Waals surface area (Å²) in [6.45, 7) is 3.65. The summed E-state index contributed by atoms with van der Waals surface area (Å²) in [4.78, 5) is 2.26. The van der Waals surface area contributed by atoms with Gasteiger partial charge in [0.25, 0.3) is 0 Å². The van der Waals surface area contributed by atoms with Crippen molar-refractivity contribution in [2.24, 2.45) is 5.92 Å². The van der Waals surface area contributed by atoms with E-state index < -0.39 is 0 Å². The molecule has 0 atom stereocenters. The molecule has 0 radical (unpaired) electrons. The molecule has 0 unspecified atom stereocenters. The Morgan fingerprint density at radius 1 is 1.07 bits per heavy atom. The molecule has 0 aromatic rings. The van der Waals surface area contributed by atoms with Gasteiger partial charge in [-0.15, -0.1) is 0 Å². The van der Waals surface area contributed by atoms with Crippen LogP contribution in [0.1, 0.15) is 44.9 Å². The minimum atomic E-state index is 0.965. The highest BCUT2D eigenvalue weighted by Gasteiger charge is 2.10. The molecule has 15 heavy (non-hydrogen) atoms. The zero-order valence-corrected chi connectivity index (χ0v) is 10.6. The predicted molar refractivity (Wildman–Crippen MR) is 67.2 cm³/mol. The third-order valence-corrected chi connectivity index (χ3v) is 3.37. The minimum Gasteiger partial charge on any atom is -0.316 e. The van der Waals surface area contributed by atoms with Crippen LogP contribution in [0.5, 0.6) is 0 Å². The van der Waals surface area contributed by atoms with Crippen LogP contribution < -0.4 is 5.32 Å². The normalized spacial score (nSPS) is 19.4. The number of hydrogen-bond acceptors (Lipinski definition) is 2. The van der Waals surface area contributed by atoms with Gasteiger partial charge in [-0.25, -0.2) is 0 Å². The molecule has 90 valence electrons. The van der Waals surface area contributed by atoms with Gasteiger partial charge in [-0.3, -0.25) is 0 Å². The standard InChI is InChI=1S/C13H28N2/c1-15(2)11-7-10-14-12-13-8-5-3-4-6-9-13/h13-14H,3-12H2,1-2H3. The molecule has 0 aromatic heterocycles. The maximum atomic E-state index is 3.61. The van der Waals surface area contributed by atoms with Gasteiger partial charge in [0, 0.05) is 0 Å². The van der Waals surface area contributed by atoms with Crippen LogP contribution in [0.25, 0.3) is 0 Å². The van der Waals surface area contributed by atoms with Crippen molar-refractivity contribution in [1.82, 2.24) is 10.2 Å². The Balaban J connectivity index is 1.94. The van der Waals surface area contributed by atoms with Crippen molar-refractivity contribution in [3.05, 3.63) is 0 Å². The van der Waals surface area contributed by atoms with Crippen LogP contribution in [0, 0.1) is 5.92 Å². The van der Waals surface area contributed by atoms with Crippen LogP contribution in [0.2, 0.25) is 0 Å². The second-order valence-electron chi connectivity index (χ2n) is 5.22. The van der Waals surface area contributed by atoms with E-state index in [0.717, 1.165) is 5.92 Å². The van der Waals surface area contributed by atoms with E-state index in [1.807, 2.05) is 0 Å². The van der Waals surface area contributed by atoms with Crippen LogP contribution >= 0.6 is 0 Å². The van der Waals surface area contributed by atoms with E-state index in [9.17, 15) is 0 Å². The molecule has 1 aliphatic carbocycles. The number of nitrogens with one attached hydrogen (secondary N) is 1. The molecule has 1 N–H and O–H groups in total. The molecule has 0 aromatic carbocycles. The fourth-order valence-electron chi connectivity index (χ4n) is 2.39. The van der Waals surface area contributed by atoms with E-state index >= 15 is 0 Å². The van der Waals surface area contributed by atoms with Gasteiger partial charge in [0.2, 0.25) is 0 Å². The summed E-state index contributed by atoms with van der Waals surface area (Å²) in [7, 11) is 4.29. The lowest BCUT2D eigenvalue weighted by Crippen LogP contribution is -2.26. The van der Waals surface area contributed by atoms with Gasteiger partial charge >= 0.3 is 0 Å². The molecular weight excluding hydrogens is 184 g/mol. The lowest BCUT2D eigenvalue weighted by Gasteiger charge is -2.15. The quantitative estimate of drug-likeness (QED) is 0.537. The first kappa shape index (κ1) is 13.0. The average molecular weight is 212 g/mol. The Kier molecular flexibility index (Phi) is 7.03. The van der Waals surface area contributed by atoms with Gasteiger partial charge in [-0.2, -0.15) is 0 Å². The van der Waals surface area contributed by atoms with Crippen LogP contribution in [-0.4, -0.2) is 38.6 Å². The maximum Gasteiger partial charge on any atom is -0.00127 e.